The standard InChI is InChI=1S/C7H17NOS/c1-6(2)10(9,8-5)7(3)4/h6-7H,1-5H3. The normalized spacial score (nSPS) is 12.7. The van der Waals surface area contributed by atoms with Crippen molar-refractivity contribution >= 4 is 9.73 Å². The molecule has 0 amide bonds. The van der Waals surface area contributed by atoms with E-state index < -0.39 is 9.73 Å². The lowest BCUT2D eigenvalue weighted by Gasteiger charge is -2.16. The monoisotopic (exact) mass is 163 g/mol. The third kappa shape index (κ3) is 1.72. The van der Waals surface area contributed by atoms with Crippen LogP contribution in [0.4, 0.5) is 0 Å². The Morgan fingerprint density at radius 3 is 1.40 bits per heavy atom. The lowest BCUT2D eigenvalue weighted by molar-refractivity contribution is 0.661. The number of rotatable bonds is 2. The molecule has 0 rings (SSSR count). The Kier molecular flexibility index (Phi) is 3.36. The summed E-state index contributed by atoms with van der Waals surface area (Å²) < 4.78 is 15.7. The van der Waals surface area contributed by atoms with E-state index in [-0.39, 0.29) is 10.5 Å². The fraction of sp³-hybridized carbons (Fsp3) is 1.00. The zero-order chi connectivity index (χ0) is 8.36. The van der Waals surface area contributed by atoms with Crippen LogP contribution in [0.1, 0.15) is 27.7 Å². The van der Waals surface area contributed by atoms with Crippen LogP contribution in [0, 0.1) is 0 Å². The van der Waals surface area contributed by atoms with Crippen molar-refractivity contribution in [1.29, 1.82) is 0 Å². The highest BCUT2D eigenvalue weighted by Gasteiger charge is 2.16. The maximum atomic E-state index is 11.8. The van der Waals surface area contributed by atoms with Crippen LogP contribution < -0.4 is 0 Å². The second-order valence-corrected chi connectivity index (χ2v) is 6.37. The van der Waals surface area contributed by atoms with Crippen molar-refractivity contribution in [1.82, 2.24) is 0 Å². The minimum Gasteiger partial charge on any atom is -0.249 e. The van der Waals surface area contributed by atoms with Crippen LogP contribution in [0.2, 0.25) is 0 Å². The van der Waals surface area contributed by atoms with E-state index in [1.165, 1.54) is 0 Å². The van der Waals surface area contributed by atoms with Gasteiger partial charge in [0.2, 0.25) is 0 Å². The SMILES string of the molecule is CN=S(=O)(C(C)C)C(C)C. The molecular weight excluding hydrogens is 146 g/mol. The molecular formula is C7H17NOS. The van der Waals surface area contributed by atoms with Gasteiger partial charge < -0.3 is 0 Å². The maximum Gasteiger partial charge on any atom is 0.0512 e. The van der Waals surface area contributed by atoms with Gasteiger partial charge in [0.05, 0.1) is 9.73 Å². The van der Waals surface area contributed by atoms with Crippen LogP contribution >= 0.6 is 0 Å². The molecule has 0 bridgehead atoms. The number of hydrogen-bond donors (Lipinski definition) is 0. The van der Waals surface area contributed by atoms with Gasteiger partial charge in [0.25, 0.3) is 0 Å². The molecule has 0 aromatic carbocycles. The van der Waals surface area contributed by atoms with Crippen molar-refractivity contribution in [2.75, 3.05) is 7.05 Å². The van der Waals surface area contributed by atoms with Crippen molar-refractivity contribution in [2.45, 2.75) is 38.2 Å². The second kappa shape index (κ2) is 3.37. The van der Waals surface area contributed by atoms with Gasteiger partial charge in [-0.25, -0.2) is 8.57 Å². The molecule has 0 atom stereocenters. The number of nitrogens with zero attached hydrogens (tertiary/aromatic N) is 1. The molecule has 0 aromatic heterocycles. The van der Waals surface area contributed by atoms with Crippen molar-refractivity contribution < 1.29 is 4.21 Å². The minimum absolute atomic E-state index is 0.164. The molecule has 0 fully saturated rings. The van der Waals surface area contributed by atoms with Crippen LogP contribution in [0.3, 0.4) is 0 Å². The topological polar surface area (TPSA) is 29.4 Å². The van der Waals surface area contributed by atoms with E-state index in [9.17, 15) is 4.21 Å². The zero-order valence-corrected chi connectivity index (χ0v) is 8.23. The molecule has 0 radical (unpaired) electrons. The van der Waals surface area contributed by atoms with Gasteiger partial charge in [0.1, 0.15) is 0 Å². The predicted molar refractivity (Wildman–Crippen MR) is 46.8 cm³/mol. The van der Waals surface area contributed by atoms with E-state index in [4.69, 9.17) is 0 Å². The summed E-state index contributed by atoms with van der Waals surface area (Å²) in [5.74, 6) is 0. The van der Waals surface area contributed by atoms with Crippen molar-refractivity contribution in [3.05, 3.63) is 0 Å². The minimum atomic E-state index is -1.94. The molecule has 0 aliphatic rings. The lowest BCUT2D eigenvalue weighted by Crippen LogP contribution is -2.22. The predicted octanol–water partition coefficient (Wildman–Crippen LogP) is 1.90. The van der Waals surface area contributed by atoms with E-state index in [1.807, 2.05) is 27.7 Å². The molecule has 0 aliphatic heterocycles. The van der Waals surface area contributed by atoms with Gasteiger partial charge in [-0.2, -0.15) is 0 Å². The average molecular weight is 163 g/mol. The Labute approximate surface area is 64.2 Å². The van der Waals surface area contributed by atoms with Crippen LogP contribution in [-0.4, -0.2) is 21.8 Å². The molecule has 0 N–H and O–H groups in total. The van der Waals surface area contributed by atoms with Crippen LogP contribution in [-0.2, 0) is 9.73 Å². The third-order valence-corrected chi connectivity index (χ3v) is 4.91. The molecule has 0 aromatic rings. The average Bonchev–Trinajstić information content (AvgIpc) is 1.85. The third-order valence-electron chi connectivity index (χ3n) is 1.64. The smallest absolute Gasteiger partial charge is 0.0512 e. The fourth-order valence-electron chi connectivity index (χ4n) is 0.966. The summed E-state index contributed by atoms with van der Waals surface area (Å²) in [4.78, 5) is 0. The highest BCUT2D eigenvalue weighted by Crippen LogP contribution is 2.10. The Bertz CT molecular complexity index is 186. The van der Waals surface area contributed by atoms with E-state index in [2.05, 4.69) is 4.36 Å². The Morgan fingerprint density at radius 1 is 1.10 bits per heavy atom. The van der Waals surface area contributed by atoms with E-state index in [0.717, 1.165) is 0 Å². The van der Waals surface area contributed by atoms with Gasteiger partial charge in [-0.3, -0.25) is 0 Å². The summed E-state index contributed by atoms with van der Waals surface area (Å²) in [5, 5.41) is 0.329. The van der Waals surface area contributed by atoms with Crippen LogP contribution in [0.15, 0.2) is 4.36 Å². The van der Waals surface area contributed by atoms with Crippen LogP contribution in [0.5, 0.6) is 0 Å². The first-order chi connectivity index (χ1) is 4.45. The highest BCUT2D eigenvalue weighted by molar-refractivity contribution is 7.94. The van der Waals surface area contributed by atoms with Gasteiger partial charge in [-0.15, -0.1) is 0 Å². The molecule has 2 nitrogen and oxygen atoms in total. The summed E-state index contributed by atoms with van der Waals surface area (Å²) >= 11 is 0. The largest absolute Gasteiger partial charge is 0.249 e. The maximum absolute atomic E-state index is 11.8. The number of hydrogen-bond acceptors (Lipinski definition) is 2. The fourth-order valence-corrected chi connectivity index (χ4v) is 2.90. The highest BCUT2D eigenvalue weighted by atomic mass is 32.2. The van der Waals surface area contributed by atoms with Crippen molar-refractivity contribution in [3.63, 3.8) is 0 Å². The molecule has 0 saturated carbocycles. The van der Waals surface area contributed by atoms with Gasteiger partial charge >= 0.3 is 0 Å². The molecule has 62 valence electrons. The Morgan fingerprint density at radius 2 is 1.40 bits per heavy atom. The van der Waals surface area contributed by atoms with Gasteiger partial charge in [-0.05, 0) is 0 Å². The lowest BCUT2D eigenvalue weighted by atomic mass is 10.5. The summed E-state index contributed by atoms with van der Waals surface area (Å²) in [7, 11) is -0.294. The zero-order valence-electron chi connectivity index (χ0n) is 7.42. The molecule has 0 saturated heterocycles. The van der Waals surface area contributed by atoms with Crippen molar-refractivity contribution in [3.8, 4) is 0 Å². The van der Waals surface area contributed by atoms with Crippen LogP contribution in [0.25, 0.3) is 0 Å². The first-order valence-corrected chi connectivity index (χ1v) is 5.22. The summed E-state index contributed by atoms with van der Waals surface area (Å²) in [6, 6.07) is 0. The van der Waals surface area contributed by atoms with Gasteiger partial charge in [0.15, 0.2) is 0 Å². The molecule has 0 unspecified atom stereocenters. The molecule has 0 aliphatic carbocycles. The first kappa shape index (κ1) is 9.95. The summed E-state index contributed by atoms with van der Waals surface area (Å²) in [6.45, 7) is 7.81. The molecule has 3 heteroatoms. The van der Waals surface area contributed by atoms with Gasteiger partial charge in [0, 0.05) is 17.5 Å². The van der Waals surface area contributed by atoms with E-state index in [0.29, 0.717) is 0 Å². The molecule has 0 heterocycles. The van der Waals surface area contributed by atoms with E-state index in [1.54, 1.807) is 7.05 Å². The quantitative estimate of drug-likeness (QED) is 0.611. The van der Waals surface area contributed by atoms with Crippen molar-refractivity contribution in [2.24, 2.45) is 4.36 Å². The Balaban J connectivity index is 4.79. The summed E-state index contributed by atoms with van der Waals surface area (Å²) in [5.41, 5.74) is 0. The molecule has 10 heavy (non-hydrogen) atoms. The van der Waals surface area contributed by atoms with Gasteiger partial charge in [-0.1, -0.05) is 27.7 Å². The molecule has 0 spiro atoms. The van der Waals surface area contributed by atoms with E-state index >= 15 is 0 Å². The first-order valence-electron chi connectivity index (χ1n) is 3.58. The Hall–Kier alpha value is -0.0500. The second-order valence-electron chi connectivity index (χ2n) is 2.89. The summed E-state index contributed by atoms with van der Waals surface area (Å²) in [6.07, 6.45) is 0.